The van der Waals surface area contributed by atoms with Crippen molar-refractivity contribution in [1.29, 1.82) is 0 Å². The largest absolute Gasteiger partial charge is 0.468 e. The monoisotopic (exact) mass is 274 g/mol. The van der Waals surface area contributed by atoms with Crippen LogP contribution in [0.4, 0.5) is 0 Å². The fourth-order valence-corrected chi connectivity index (χ4v) is 1.91. The van der Waals surface area contributed by atoms with Crippen molar-refractivity contribution in [2.24, 2.45) is 0 Å². The Labute approximate surface area is 96.2 Å². The molecule has 0 saturated carbocycles. The first-order chi connectivity index (χ1) is 6.69. The third-order valence-electron chi connectivity index (χ3n) is 1.82. The van der Waals surface area contributed by atoms with Crippen molar-refractivity contribution < 1.29 is 9.53 Å². The molecular weight excluding hydrogens is 264 g/mol. The number of esters is 1. The van der Waals surface area contributed by atoms with Gasteiger partial charge in [0.15, 0.2) is 0 Å². The Bertz CT molecular complexity index is 310. The summed E-state index contributed by atoms with van der Waals surface area (Å²) in [5, 5.41) is 0. The summed E-state index contributed by atoms with van der Waals surface area (Å²) in [5.74, 6) is -0.276. The molecule has 0 aliphatic heterocycles. The van der Waals surface area contributed by atoms with Crippen molar-refractivity contribution in [1.82, 2.24) is 0 Å². The molecule has 1 aromatic rings. The number of halogens is 1. The van der Waals surface area contributed by atoms with E-state index in [0.717, 1.165) is 5.56 Å². The second-order valence-electron chi connectivity index (χ2n) is 2.66. The maximum atomic E-state index is 11.2. The molecule has 4 heteroatoms. The standard InChI is InChI=1S/C10H11BrO2S/c1-13-10(12)9(11)7-3-5-8(14-2)6-4-7/h3-6,9H,1-2H3. The highest BCUT2D eigenvalue weighted by Crippen LogP contribution is 2.25. The van der Waals surface area contributed by atoms with E-state index in [9.17, 15) is 4.79 Å². The molecule has 0 aromatic heterocycles. The molecule has 0 saturated heterocycles. The van der Waals surface area contributed by atoms with Crippen LogP contribution in [-0.4, -0.2) is 19.3 Å². The molecule has 0 aliphatic carbocycles. The summed E-state index contributed by atoms with van der Waals surface area (Å²) in [6, 6.07) is 7.80. The van der Waals surface area contributed by atoms with E-state index in [1.807, 2.05) is 30.5 Å². The Morgan fingerprint density at radius 2 is 2.00 bits per heavy atom. The van der Waals surface area contributed by atoms with Crippen LogP contribution >= 0.6 is 27.7 Å². The second-order valence-corrected chi connectivity index (χ2v) is 4.45. The van der Waals surface area contributed by atoms with E-state index < -0.39 is 0 Å². The van der Waals surface area contributed by atoms with E-state index in [1.165, 1.54) is 12.0 Å². The molecule has 0 spiro atoms. The number of rotatable bonds is 3. The zero-order valence-corrected chi connectivity index (χ0v) is 10.4. The number of hydrogen-bond donors (Lipinski definition) is 0. The quantitative estimate of drug-likeness (QED) is 0.482. The van der Waals surface area contributed by atoms with E-state index in [2.05, 4.69) is 20.7 Å². The normalized spacial score (nSPS) is 12.2. The SMILES string of the molecule is COC(=O)C(Br)c1ccc(SC)cc1. The van der Waals surface area contributed by atoms with Crippen LogP contribution in [0.25, 0.3) is 0 Å². The summed E-state index contributed by atoms with van der Waals surface area (Å²) >= 11 is 4.95. The number of carbonyl (C=O) groups is 1. The number of ether oxygens (including phenoxy) is 1. The van der Waals surface area contributed by atoms with Crippen LogP contribution < -0.4 is 0 Å². The third kappa shape index (κ3) is 2.75. The molecule has 1 aromatic carbocycles. The molecule has 1 unspecified atom stereocenters. The lowest BCUT2D eigenvalue weighted by molar-refractivity contribution is -0.139. The van der Waals surface area contributed by atoms with Gasteiger partial charge in [0, 0.05) is 4.90 Å². The Morgan fingerprint density at radius 1 is 1.43 bits per heavy atom. The van der Waals surface area contributed by atoms with Gasteiger partial charge in [-0.1, -0.05) is 28.1 Å². The number of alkyl halides is 1. The van der Waals surface area contributed by atoms with E-state index in [0.29, 0.717) is 0 Å². The van der Waals surface area contributed by atoms with Crippen LogP contribution in [0.1, 0.15) is 10.4 Å². The van der Waals surface area contributed by atoms with Crippen molar-refractivity contribution in [3.05, 3.63) is 29.8 Å². The molecular formula is C10H11BrO2S. The zero-order chi connectivity index (χ0) is 10.6. The van der Waals surface area contributed by atoms with E-state index in [-0.39, 0.29) is 10.8 Å². The van der Waals surface area contributed by atoms with Gasteiger partial charge >= 0.3 is 5.97 Å². The maximum absolute atomic E-state index is 11.2. The van der Waals surface area contributed by atoms with Crippen molar-refractivity contribution in [2.75, 3.05) is 13.4 Å². The number of benzene rings is 1. The lowest BCUT2D eigenvalue weighted by Crippen LogP contribution is -2.07. The number of thioether (sulfide) groups is 1. The Kier molecular flexibility index (Phi) is 4.48. The Hall–Kier alpha value is -0.480. The minimum atomic E-state index is -0.372. The molecule has 0 N–H and O–H groups in total. The predicted octanol–water partition coefficient (Wildman–Crippen LogP) is 3.02. The van der Waals surface area contributed by atoms with Gasteiger partial charge < -0.3 is 4.74 Å². The first kappa shape index (κ1) is 11.6. The summed E-state index contributed by atoms with van der Waals surface area (Å²) in [6.07, 6.45) is 2.01. The lowest BCUT2D eigenvalue weighted by Gasteiger charge is -2.07. The molecule has 0 fully saturated rings. The summed E-state index contributed by atoms with van der Waals surface area (Å²) in [7, 11) is 1.38. The fourth-order valence-electron chi connectivity index (χ4n) is 1.01. The van der Waals surface area contributed by atoms with E-state index >= 15 is 0 Å². The van der Waals surface area contributed by atoms with Crippen molar-refractivity contribution in [3.8, 4) is 0 Å². The highest BCUT2D eigenvalue weighted by Gasteiger charge is 2.16. The van der Waals surface area contributed by atoms with Gasteiger partial charge in [-0.05, 0) is 24.0 Å². The predicted molar refractivity (Wildman–Crippen MR) is 61.9 cm³/mol. The molecule has 76 valence electrons. The van der Waals surface area contributed by atoms with Gasteiger partial charge in [0.05, 0.1) is 7.11 Å². The van der Waals surface area contributed by atoms with Gasteiger partial charge in [-0.2, -0.15) is 0 Å². The van der Waals surface area contributed by atoms with E-state index in [1.54, 1.807) is 11.8 Å². The molecule has 1 atom stereocenters. The molecule has 0 heterocycles. The molecule has 0 aliphatic rings. The van der Waals surface area contributed by atoms with Gasteiger partial charge in [0.1, 0.15) is 4.83 Å². The summed E-state index contributed by atoms with van der Waals surface area (Å²) in [5.41, 5.74) is 0.912. The van der Waals surface area contributed by atoms with Gasteiger partial charge in [0.25, 0.3) is 0 Å². The smallest absolute Gasteiger partial charge is 0.323 e. The fraction of sp³-hybridized carbons (Fsp3) is 0.300. The van der Waals surface area contributed by atoms with Crippen LogP contribution in [0.2, 0.25) is 0 Å². The van der Waals surface area contributed by atoms with Crippen LogP contribution in [0, 0.1) is 0 Å². The van der Waals surface area contributed by atoms with Crippen LogP contribution in [-0.2, 0) is 9.53 Å². The van der Waals surface area contributed by atoms with Crippen LogP contribution in [0.5, 0.6) is 0 Å². The average Bonchev–Trinajstić information content (AvgIpc) is 2.27. The minimum Gasteiger partial charge on any atom is -0.468 e. The molecule has 0 bridgehead atoms. The zero-order valence-electron chi connectivity index (χ0n) is 7.99. The molecule has 14 heavy (non-hydrogen) atoms. The van der Waals surface area contributed by atoms with Crippen molar-refractivity contribution >= 4 is 33.7 Å². The average molecular weight is 275 g/mol. The van der Waals surface area contributed by atoms with Gasteiger partial charge in [-0.15, -0.1) is 11.8 Å². The van der Waals surface area contributed by atoms with Crippen LogP contribution in [0.15, 0.2) is 29.2 Å². The van der Waals surface area contributed by atoms with Gasteiger partial charge in [-0.25, -0.2) is 0 Å². The van der Waals surface area contributed by atoms with Crippen molar-refractivity contribution in [2.45, 2.75) is 9.72 Å². The van der Waals surface area contributed by atoms with Crippen LogP contribution in [0.3, 0.4) is 0 Å². The third-order valence-corrected chi connectivity index (χ3v) is 3.46. The lowest BCUT2D eigenvalue weighted by atomic mass is 10.1. The highest BCUT2D eigenvalue weighted by molar-refractivity contribution is 9.09. The highest BCUT2D eigenvalue weighted by atomic mass is 79.9. The second kappa shape index (κ2) is 5.41. The van der Waals surface area contributed by atoms with Gasteiger partial charge in [-0.3, -0.25) is 4.79 Å². The topological polar surface area (TPSA) is 26.3 Å². The number of methoxy groups -OCH3 is 1. The molecule has 1 rings (SSSR count). The molecule has 2 nitrogen and oxygen atoms in total. The first-order valence-corrected chi connectivity index (χ1v) is 6.19. The summed E-state index contributed by atoms with van der Waals surface area (Å²) in [6.45, 7) is 0. The minimum absolute atomic E-state index is 0.276. The molecule has 0 amide bonds. The Balaban J connectivity index is 2.81. The van der Waals surface area contributed by atoms with Crippen molar-refractivity contribution in [3.63, 3.8) is 0 Å². The first-order valence-electron chi connectivity index (χ1n) is 4.05. The van der Waals surface area contributed by atoms with Gasteiger partial charge in [0.2, 0.25) is 0 Å². The Morgan fingerprint density at radius 3 is 2.43 bits per heavy atom. The molecule has 0 radical (unpaired) electrons. The number of carbonyl (C=O) groups excluding carboxylic acids is 1. The maximum Gasteiger partial charge on any atom is 0.323 e. The number of hydrogen-bond acceptors (Lipinski definition) is 3. The van der Waals surface area contributed by atoms with E-state index in [4.69, 9.17) is 0 Å². The summed E-state index contributed by atoms with van der Waals surface area (Å²) < 4.78 is 4.63. The summed E-state index contributed by atoms with van der Waals surface area (Å²) in [4.78, 5) is 12.0.